The van der Waals surface area contributed by atoms with Crippen LogP contribution in [-0.2, 0) is 11.3 Å². The quantitative estimate of drug-likeness (QED) is 0.888. The first-order chi connectivity index (χ1) is 11.0. The molecular weight excluding hydrogens is 294 g/mol. The Balaban J connectivity index is 1.53. The van der Waals surface area contributed by atoms with Gasteiger partial charge in [0.25, 0.3) is 0 Å². The van der Waals surface area contributed by atoms with Crippen LogP contribution in [0.4, 0.5) is 10.5 Å². The fourth-order valence-electron chi connectivity index (χ4n) is 2.50. The molecule has 7 nitrogen and oxygen atoms in total. The lowest BCUT2D eigenvalue weighted by Gasteiger charge is -2.36. The van der Waals surface area contributed by atoms with Crippen molar-refractivity contribution in [1.29, 1.82) is 0 Å². The standard InChI is InChI=1S/C16H19N5O2/c1-11-6-18-21(7-11)8-12-2-4-14(5-3-12)19-15(22)13-9-20(10-13)16(17)23/h2-7,13H,8-10H2,1H3,(H2,17,23)(H,19,22). The molecule has 0 atom stereocenters. The van der Waals surface area contributed by atoms with Crippen molar-refractivity contribution in [2.24, 2.45) is 11.7 Å². The van der Waals surface area contributed by atoms with E-state index in [1.165, 1.54) is 4.90 Å². The lowest BCUT2D eigenvalue weighted by atomic mass is 9.99. The van der Waals surface area contributed by atoms with E-state index >= 15 is 0 Å². The molecule has 1 saturated heterocycles. The number of hydrogen-bond donors (Lipinski definition) is 2. The summed E-state index contributed by atoms with van der Waals surface area (Å²) >= 11 is 0. The number of likely N-dealkylation sites (tertiary alicyclic amines) is 1. The summed E-state index contributed by atoms with van der Waals surface area (Å²) in [5.74, 6) is -0.271. The molecule has 0 bridgehead atoms. The summed E-state index contributed by atoms with van der Waals surface area (Å²) in [5.41, 5.74) is 8.12. The molecule has 3 amide bonds. The number of nitrogens with one attached hydrogen (secondary N) is 1. The number of nitrogens with two attached hydrogens (primary N) is 1. The maximum Gasteiger partial charge on any atom is 0.314 e. The summed E-state index contributed by atoms with van der Waals surface area (Å²) in [6.45, 7) is 3.47. The summed E-state index contributed by atoms with van der Waals surface area (Å²) in [4.78, 5) is 24.4. The fourth-order valence-corrected chi connectivity index (χ4v) is 2.50. The van der Waals surface area contributed by atoms with Crippen molar-refractivity contribution < 1.29 is 9.59 Å². The van der Waals surface area contributed by atoms with Crippen molar-refractivity contribution in [2.45, 2.75) is 13.5 Å². The van der Waals surface area contributed by atoms with Crippen LogP contribution < -0.4 is 11.1 Å². The van der Waals surface area contributed by atoms with Gasteiger partial charge in [-0.3, -0.25) is 9.48 Å². The molecule has 2 aromatic rings. The Morgan fingerprint density at radius 2 is 2.00 bits per heavy atom. The topological polar surface area (TPSA) is 93.2 Å². The number of carbonyl (C=O) groups excluding carboxylic acids is 2. The summed E-state index contributed by atoms with van der Waals surface area (Å²) in [6.07, 6.45) is 3.80. The van der Waals surface area contributed by atoms with E-state index < -0.39 is 6.03 Å². The number of amides is 3. The Kier molecular flexibility index (Phi) is 4.01. The molecule has 7 heteroatoms. The molecule has 0 aliphatic carbocycles. The van der Waals surface area contributed by atoms with Crippen LogP contribution in [0.5, 0.6) is 0 Å². The normalized spacial score (nSPS) is 14.4. The van der Waals surface area contributed by atoms with E-state index in [9.17, 15) is 9.59 Å². The molecular formula is C16H19N5O2. The smallest absolute Gasteiger partial charge is 0.314 e. The molecule has 0 unspecified atom stereocenters. The van der Waals surface area contributed by atoms with Crippen molar-refractivity contribution in [1.82, 2.24) is 14.7 Å². The summed E-state index contributed by atoms with van der Waals surface area (Å²) in [6, 6.07) is 7.18. The fraction of sp³-hybridized carbons (Fsp3) is 0.312. The highest BCUT2D eigenvalue weighted by Gasteiger charge is 2.34. The van der Waals surface area contributed by atoms with Crippen molar-refractivity contribution >= 4 is 17.6 Å². The molecule has 3 rings (SSSR count). The first kappa shape index (κ1) is 15.1. The largest absolute Gasteiger partial charge is 0.351 e. The monoisotopic (exact) mass is 313 g/mol. The maximum absolute atomic E-state index is 12.0. The number of hydrogen-bond acceptors (Lipinski definition) is 3. The first-order valence-electron chi connectivity index (χ1n) is 7.44. The average molecular weight is 313 g/mol. The second kappa shape index (κ2) is 6.12. The van der Waals surface area contributed by atoms with E-state index in [0.29, 0.717) is 19.6 Å². The molecule has 120 valence electrons. The molecule has 3 N–H and O–H groups in total. The van der Waals surface area contributed by atoms with Crippen LogP contribution in [0.2, 0.25) is 0 Å². The van der Waals surface area contributed by atoms with E-state index in [2.05, 4.69) is 10.4 Å². The molecule has 0 radical (unpaired) electrons. The van der Waals surface area contributed by atoms with Crippen molar-refractivity contribution in [2.75, 3.05) is 18.4 Å². The minimum Gasteiger partial charge on any atom is -0.351 e. The number of aromatic nitrogens is 2. The Morgan fingerprint density at radius 1 is 1.30 bits per heavy atom. The third-order valence-corrected chi connectivity index (χ3v) is 3.89. The van der Waals surface area contributed by atoms with Gasteiger partial charge in [-0.2, -0.15) is 5.10 Å². The van der Waals surface area contributed by atoms with Gasteiger partial charge in [0.05, 0.1) is 18.7 Å². The van der Waals surface area contributed by atoms with Crippen LogP contribution in [0.25, 0.3) is 0 Å². The minimum absolute atomic E-state index is 0.0852. The van der Waals surface area contributed by atoms with Gasteiger partial charge in [0.15, 0.2) is 0 Å². The van der Waals surface area contributed by atoms with Crippen molar-refractivity contribution in [3.05, 3.63) is 47.8 Å². The SMILES string of the molecule is Cc1cnn(Cc2ccc(NC(=O)C3CN(C(N)=O)C3)cc2)c1. The zero-order valence-corrected chi connectivity index (χ0v) is 12.9. The molecule has 1 fully saturated rings. The van der Waals surface area contributed by atoms with Crippen molar-refractivity contribution in [3.63, 3.8) is 0 Å². The average Bonchev–Trinajstić information content (AvgIpc) is 2.84. The lowest BCUT2D eigenvalue weighted by molar-refractivity contribution is -0.123. The van der Waals surface area contributed by atoms with Gasteiger partial charge in [0.2, 0.25) is 5.91 Å². The molecule has 23 heavy (non-hydrogen) atoms. The van der Waals surface area contributed by atoms with Crippen LogP contribution in [0, 0.1) is 12.8 Å². The van der Waals surface area contributed by atoms with Gasteiger partial charge in [-0.15, -0.1) is 0 Å². The molecule has 0 spiro atoms. The highest BCUT2D eigenvalue weighted by atomic mass is 16.2. The number of rotatable bonds is 4. The number of benzene rings is 1. The maximum atomic E-state index is 12.0. The van der Waals surface area contributed by atoms with Crippen LogP contribution in [-0.4, -0.2) is 39.7 Å². The molecule has 1 aliphatic rings. The highest BCUT2D eigenvalue weighted by Crippen LogP contribution is 2.18. The zero-order valence-electron chi connectivity index (χ0n) is 12.9. The number of urea groups is 1. The second-order valence-corrected chi connectivity index (χ2v) is 5.84. The van der Waals surface area contributed by atoms with E-state index in [0.717, 1.165) is 16.8 Å². The second-order valence-electron chi connectivity index (χ2n) is 5.84. The third-order valence-electron chi connectivity index (χ3n) is 3.89. The van der Waals surface area contributed by atoms with Gasteiger partial charge < -0.3 is 16.0 Å². The lowest BCUT2D eigenvalue weighted by Crippen LogP contribution is -2.56. The van der Waals surface area contributed by atoms with Gasteiger partial charge in [-0.25, -0.2) is 4.79 Å². The zero-order chi connectivity index (χ0) is 16.4. The number of anilines is 1. The van der Waals surface area contributed by atoms with E-state index in [-0.39, 0.29) is 11.8 Å². The van der Waals surface area contributed by atoms with Gasteiger partial charge in [-0.1, -0.05) is 12.1 Å². The first-order valence-corrected chi connectivity index (χ1v) is 7.44. The molecule has 1 aliphatic heterocycles. The summed E-state index contributed by atoms with van der Waals surface area (Å²) in [7, 11) is 0. The Labute approximate surface area is 134 Å². The minimum atomic E-state index is -0.479. The predicted octanol–water partition coefficient (Wildman–Crippen LogP) is 1.19. The van der Waals surface area contributed by atoms with E-state index in [1.807, 2.05) is 48.3 Å². The molecule has 0 saturated carbocycles. The van der Waals surface area contributed by atoms with Gasteiger partial charge in [0, 0.05) is 25.0 Å². The van der Waals surface area contributed by atoms with Crippen LogP contribution in [0.3, 0.4) is 0 Å². The summed E-state index contributed by atoms with van der Waals surface area (Å²) in [5, 5.41) is 7.11. The van der Waals surface area contributed by atoms with Gasteiger partial charge in [0.1, 0.15) is 0 Å². The number of primary amides is 1. The molecule has 2 heterocycles. The van der Waals surface area contributed by atoms with Crippen LogP contribution >= 0.6 is 0 Å². The molecule has 1 aromatic heterocycles. The van der Waals surface area contributed by atoms with Crippen LogP contribution in [0.1, 0.15) is 11.1 Å². The van der Waals surface area contributed by atoms with Gasteiger partial charge in [-0.05, 0) is 30.2 Å². The Hall–Kier alpha value is -2.83. The Morgan fingerprint density at radius 3 is 2.57 bits per heavy atom. The highest BCUT2D eigenvalue weighted by molar-refractivity contribution is 5.94. The van der Waals surface area contributed by atoms with Crippen LogP contribution in [0.15, 0.2) is 36.7 Å². The molecule has 1 aromatic carbocycles. The number of aryl methyl sites for hydroxylation is 1. The van der Waals surface area contributed by atoms with E-state index in [1.54, 1.807) is 0 Å². The Bertz CT molecular complexity index is 716. The number of nitrogens with zero attached hydrogens (tertiary/aromatic N) is 3. The number of carbonyl (C=O) groups is 2. The third kappa shape index (κ3) is 3.50. The summed E-state index contributed by atoms with van der Waals surface area (Å²) < 4.78 is 1.87. The predicted molar refractivity (Wildman–Crippen MR) is 85.8 cm³/mol. The van der Waals surface area contributed by atoms with Gasteiger partial charge >= 0.3 is 6.03 Å². The van der Waals surface area contributed by atoms with E-state index in [4.69, 9.17) is 5.73 Å². The van der Waals surface area contributed by atoms with Crippen molar-refractivity contribution in [3.8, 4) is 0 Å².